The molecule has 0 aliphatic carbocycles. The molecule has 0 atom stereocenters. The number of benzene rings is 2. The van der Waals surface area contributed by atoms with E-state index in [0.29, 0.717) is 11.3 Å². The van der Waals surface area contributed by atoms with E-state index in [1.54, 1.807) is 36.4 Å². The molecule has 2 aromatic rings. The van der Waals surface area contributed by atoms with Crippen molar-refractivity contribution in [3.8, 4) is 23.7 Å². The van der Waals surface area contributed by atoms with Gasteiger partial charge in [0, 0.05) is 22.4 Å². The fraction of sp³-hybridized carbons (Fsp3) is 0.100. The average molecular weight is 332 g/mol. The summed E-state index contributed by atoms with van der Waals surface area (Å²) < 4.78 is 4.46. The summed E-state index contributed by atoms with van der Waals surface area (Å²) >= 11 is 0. The van der Waals surface area contributed by atoms with Gasteiger partial charge in [0.25, 0.3) is 5.91 Å². The predicted octanol–water partition coefficient (Wildman–Crippen LogP) is 1.57. The van der Waals surface area contributed by atoms with Crippen molar-refractivity contribution in [1.82, 2.24) is 5.32 Å². The molecule has 5 nitrogen and oxygen atoms in total. The van der Waals surface area contributed by atoms with Gasteiger partial charge < -0.3 is 15.8 Å². The first-order valence-corrected chi connectivity index (χ1v) is 7.41. The molecule has 1 amide bonds. The Morgan fingerprint density at radius 3 is 2.00 bits per heavy atom. The van der Waals surface area contributed by atoms with Crippen molar-refractivity contribution < 1.29 is 14.3 Å². The van der Waals surface area contributed by atoms with E-state index in [0.717, 1.165) is 11.1 Å². The minimum absolute atomic E-state index is 0.169. The molecule has 0 spiro atoms. The van der Waals surface area contributed by atoms with Crippen molar-refractivity contribution in [2.75, 3.05) is 19.4 Å². The number of methoxy groups -OCH3 is 1. The lowest BCUT2D eigenvalue weighted by Gasteiger charge is -2.03. The summed E-state index contributed by atoms with van der Waals surface area (Å²) in [6.45, 7) is -0.169. The van der Waals surface area contributed by atoms with Crippen molar-refractivity contribution in [2.45, 2.75) is 0 Å². The first-order valence-electron chi connectivity index (χ1n) is 7.41. The maximum Gasteiger partial charge on any atom is 0.325 e. The van der Waals surface area contributed by atoms with Crippen LogP contribution in [-0.4, -0.2) is 25.5 Å². The molecular weight excluding hydrogens is 316 g/mol. The standard InChI is InChI=1S/C20H16N2O3/c1-25-19(23)14-22-20(24)17-10-6-15(7-11-17)4-2-3-5-16-8-12-18(21)13-9-16/h6-13H,14,21H2,1H3,(H,22,24). The number of carbonyl (C=O) groups is 2. The van der Waals surface area contributed by atoms with Gasteiger partial charge in [-0.25, -0.2) is 0 Å². The Kier molecular flexibility index (Phi) is 6.22. The lowest BCUT2D eigenvalue weighted by Crippen LogP contribution is -2.30. The van der Waals surface area contributed by atoms with Crippen LogP contribution in [0.25, 0.3) is 0 Å². The number of carbonyl (C=O) groups excluding carboxylic acids is 2. The van der Waals surface area contributed by atoms with Crippen molar-refractivity contribution in [2.24, 2.45) is 0 Å². The van der Waals surface area contributed by atoms with Crippen molar-refractivity contribution >= 4 is 17.6 Å². The number of amides is 1. The number of anilines is 1. The van der Waals surface area contributed by atoms with Crippen molar-refractivity contribution in [3.63, 3.8) is 0 Å². The molecule has 0 unspecified atom stereocenters. The van der Waals surface area contributed by atoms with Gasteiger partial charge in [-0.3, -0.25) is 9.59 Å². The number of hydrogen-bond acceptors (Lipinski definition) is 4. The summed E-state index contributed by atoms with van der Waals surface area (Å²) in [7, 11) is 1.26. The second-order valence-electron chi connectivity index (χ2n) is 4.96. The van der Waals surface area contributed by atoms with E-state index in [9.17, 15) is 9.59 Å². The average Bonchev–Trinajstić information content (AvgIpc) is 2.65. The van der Waals surface area contributed by atoms with Gasteiger partial charge in [0.1, 0.15) is 6.54 Å². The summed E-state index contributed by atoms with van der Waals surface area (Å²) in [4.78, 5) is 22.8. The van der Waals surface area contributed by atoms with Gasteiger partial charge in [-0.05, 0) is 60.4 Å². The molecule has 5 heteroatoms. The Bertz CT molecular complexity index is 877. The third kappa shape index (κ3) is 5.78. The summed E-state index contributed by atoms with van der Waals surface area (Å²) in [5.74, 6) is 10.5. The van der Waals surface area contributed by atoms with Gasteiger partial charge in [-0.15, -0.1) is 0 Å². The molecule has 0 aliphatic heterocycles. The Morgan fingerprint density at radius 1 is 0.960 bits per heavy atom. The summed E-state index contributed by atoms with van der Waals surface area (Å²) in [6, 6.07) is 13.9. The molecule has 2 aromatic carbocycles. The zero-order valence-corrected chi connectivity index (χ0v) is 13.6. The second kappa shape index (κ2) is 8.81. The first kappa shape index (κ1) is 17.7. The molecule has 0 saturated carbocycles. The third-order valence-corrected chi connectivity index (χ3v) is 3.15. The Hall–Kier alpha value is -3.70. The molecule has 124 valence electrons. The largest absolute Gasteiger partial charge is 0.468 e. The van der Waals surface area contributed by atoms with E-state index in [-0.39, 0.29) is 12.5 Å². The number of hydrogen-bond donors (Lipinski definition) is 2. The van der Waals surface area contributed by atoms with Crippen LogP contribution in [0.2, 0.25) is 0 Å². The highest BCUT2D eigenvalue weighted by atomic mass is 16.5. The van der Waals surface area contributed by atoms with Gasteiger partial charge in [-0.1, -0.05) is 11.8 Å². The van der Waals surface area contributed by atoms with Gasteiger partial charge in [-0.2, -0.15) is 0 Å². The summed E-state index contributed by atoms with van der Waals surface area (Å²) in [6.07, 6.45) is 0. The van der Waals surface area contributed by atoms with E-state index in [1.807, 2.05) is 12.1 Å². The first-order chi connectivity index (χ1) is 12.1. The van der Waals surface area contributed by atoms with E-state index in [4.69, 9.17) is 5.73 Å². The number of nitrogen functional groups attached to an aromatic ring is 1. The number of nitrogens with one attached hydrogen (secondary N) is 1. The van der Waals surface area contributed by atoms with Gasteiger partial charge in [0.2, 0.25) is 0 Å². The number of esters is 1. The van der Waals surface area contributed by atoms with Crippen LogP contribution in [-0.2, 0) is 9.53 Å². The fourth-order valence-corrected chi connectivity index (χ4v) is 1.80. The molecule has 0 fully saturated rings. The van der Waals surface area contributed by atoms with E-state index >= 15 is 0 Å². The lowest BCUT2D eigenvalue weighted by molar-refractivity contribution is -0.139. The highest BCUT2D eigenvalue weighted by Gasteiger charge is 2.07. The Labute approximate surface area is 146 Å². The molecule has 25 heavy (non-hydrogen) atoms. The van der Waals surface area contributed by atoms with Crippen LogP contribution < -0.4 is 11.1 Å². The van der Waals surface area contributed by atoms with E-state index in [2.05, 4.69) is 33.7 Å². The Balaban J connectivity index is 1.96. The normalized spacial score (nSPS) is 9.00. The van der Waals surface area contributed by atoms with Crippen LogP contribution in [0, 0.1) is 23.7 Å². The van der Waals surface area contributed by atoms with Crippen LogP contribution >= 0.6 is 0 Å². The van der Waals surface area contributed by atoms with Crippen LogP contribution in [0.4, 0.5) is 5.69 Å². The highest BCUT2D eigenvalue weighted by molar-refractivity contribution is 5.95. The molecule has 0 heterocycles. The number of nitrogens with two attached hydrogens (primary N) is 1. The third-order valence-electron chi connectivity index (χ3n) is 3.15. The van der Waals surface area contributed by atoms with Crippen molar-refractivity contribution in [3.05, 3.63) is 65.2 Å². The minimum atomic E-state index is -0.504. The topological polar surface area (TPSA) is 81.4 Å². The maximum atomic E-state index is 11.8. The SMILES string of the molecule is COC(=O)CNC(=O)c1ccc(C#CC#Cc2ccc(N)cc2)cc1. The fourth-order valence-electron chi connectivity index (χ4n) is 1.80. The monoisotopic (exact) mass is 332 g/mol. The highest BCUT2D eigenvalue weighted by Crippen LogP contribution is 2.04. The summed E-state index contributed by atoms with van der Waals surface area (Å²) in [5.41, 5.74) is 8.29. The van der Waals surface area contributed by atoms with Gasteiger partial charge in [0.15, 0.2) is 0 Å². The molecular formula is C20H16N2O3. The second-order valence-corrected chi connectivity index (χ2v) is 4.96. The van der Waals surface area contributed by atoms with Crippen molar-refractivity contribution in [1.29, 1.82) is 0 Å². The van der Waals surface area contributed by atoms with Crippen LogP contribution in [0.15, 0.2) is 48.5 Å². The Morgan fingerprint density at radius 2 is 1.48 bits per heavy atom. The van der Waals surface area contributed by atoms with E-state index in [1.165, 1.54) is 7.11 Å². The van der Waals surface area contributed by atoms with E-state index < -0.39 is 5.97 Å². The molecule has 0 aromatic heterocycles. The molecule has 0 radical (unpaired) electrons. The maximum absolute atomic E-state index is 11.8. The zero-order valence-electron chi connectivity index (χ0n) is 13.6. The molecule has 0 saturated heterocycles. The van der Waals surface area contributed by atoms with Crippen LogP contribution in [0.5, 0.6) is 0 Å². The predicted molar refractivity (Wildman–Crippen MR) is 95.4 cm³/mol. The van der Waals surface area contributed by atoms with Gasteiger partial charge in [0.05, 0.1) is 7.11 Å². The molecule has 3 N–H and O–H groups in total. The van der Waals surface area contributed by atoms with Crippen LogP contribution in [0.1, 0.15) is 21.5 Å². The van der Waals surface area contributed by atoms with Gasteiger partial charge >= 0.3 is 5.97 Å². The molecule has 0 bridgehead atoms. The molecule has 0 aliphatic rings. The quantitative estimate of drug-likeness (QED) is 0.508. The molecule has 2 rings (SSSR count). The zero-order chi connectivity index (χ0) is 18.1. The summed E-state index contributed by atoms with van der Waals surface area (Å²) in [5, 5.41) is 2.46. The number of ether oxygens (including phenoxy) is 1. The minimum Gasteiger partial charge on any atom is -0.468 e. The number of rotatable bonds is 3. The smallest absolute Gasteiger partial charge is 0.325 e. The lowest BCUT2D eigenvalue weighted by atomic mass is 10.1. The van der Waals surface area contributed by atoms with Crippen LogP contribution in [0.3, 0.4) is 0 Å².